The molecule has 1 fully saturated rings. The molecule has 90 valence electrons. The molecule has 0 amide bonds. The van der Waals surface area contributed by atoms with Crippen molar-refractivity contribution >= 4 is 23.2 Å². The van der Waals surface area contributed by atoms with Crippen LogP contribution in [0.4, 0.5) is 0 Å². The summed E-state index contributed by atoms with van der Waals surface area (Å²) in [5, 5.41) is 1.44. The average molecular weight is 257 g/mol. The number of hydrogen-bond acceptors (Lipinski definition) is 0. The summed E-state index contributed by atoms with van der Waals surface area (Å²) in [4.78, 5) is 0. The maximum atomic E-state index is 6.80. The Bertz CT molecular complexity index is 355. The van der Waals surface area contributed by atoms with Crippen molar-refractivity contribution < 1.29 is 0 Å². The molecule has 0 aliphatic carbocycles. The summed E-state index contributed by atoms with van der Waals surface area (Å²) in [6.45, 7) is 5.19. The molecular formula is C14H22ClP. The normalized spacial score (nSPS) is 22.0. The van der Waals surface area contributed by atoms with Gasteiger partial charge in [-0.2, -0.15) is 0 Å². The molecule has 0 saturated carbocycles. The summed E-state index contributed by atoms with van der Waals surface area (Å²) < 4.78 is 0. The van der Waals surface area contributed by atoms with Gasteiger partial charge in [0, 0.05) is 0 Å². The van der Waals surface area contributed by atoms with E-state index in [0.29, 0.717) is 0 Å². The zero-order chi connectivity index (χ0) is 11.8. The summed E-state index contributed by atoms with van der Waals surface area (Å²) in [6, 6.07) is 9.10. The number of benzene rings is 1. The van der Waals surface area contributed by atoms with Crippen LogP contribution in [-0.2, 0) is 5.41 Å². The Morgan fingerprint density at radius 1 is 1.00 bits per heavy atom. The summed E-state index contributed by atoms with van der Waals surface area (Å²) in [5.74, 6) is 0. The van der Waals surface area contributed by atoms with Crippen LogP contribution in [0.5, 0.6) is 0 Å². The minimum atomic E-state index is -1.57. The van der Waals surface area contributed by atoms with Gasteiger partial charge in [-0.05, 0) is 0 Å². The van der Waals surface area contributed by atoms with Crippen LogP contribution in [-0.4, -0.2) is 12.3 Å². The summed E-state index contributed by atoms with van der Waals surface area (Å²) >= 11 is 6.80. The van der Waals surface area contributed by atoms with Gasteiger partial charge in [-0.25, -0.2) is 0 Å². The Morgan fingerprint density at radius 2 is 1.50 bits per heavy atom. The summed E-state index contributed by atoms with van der Waals surface area (Å²) in [5.41, 5.74) is 1.65. The molecule has 0 spiro atoms. The first-order valence-corrected chi connectivity index (χ1v) is 9.64. The van der Waals surface area contributed by atoms with Crippen LogP contribution in [0.25, 0.3) is 0 Å². The van der Waals surface area contributed by atoms with Gasteiger partial charge in [-0.3, -0.25) is 0 Å². The third-order valence-corrected chi connectivity index (χ3v) is 9.11. The van der Waals surface area contributed by atoms with E-state index in [1.165, 1.54) is 36.0 Å². The van der Waals surface area contributed by atoms with Crippen molar-refractivity contribution in [3.63, 3.8) is 0 Å². The minimum absolute atomic E-state index is 0.245. The van der Waals surface area contributed by atoms with E-state index in [9.17, 15) is 0 Å². The van der Waals surface area contributed by atoms with E-state index in [-0.39, 0.29) is 5.41 Å². The van der Waals surface area contributed by atoms with Crippen molar-refractivity contribution in [2.24, 2.45) is 0 Å². The van der Waals surface area contributed by atoms with Crippen molar-refractivity contribution in [1.29, 1.82) is 0 Å². The predicted molar refractivity (Wildman–Crippen MR) is 77.9 cm³/mol. The second-order valence-corrected chi connectivity index (χ2v) is 11.7. The molecule has 2 rings (SSSR count). The quantitative estimate of drug-likeness (QED) is 0.657. The predicted octanol–water partition coefficient (Wildman–Crippen LogP) is 4.31. The first-order chi connectivity index (χ1) is 7.42. The van der Waals surface area contributed by atoms with E-state index in [0.717, 1.165) is 0 Å². The average Bonchev–Trinajstić information content (AvgIpc) is 2.66. The molecule has 1 aliphatic heterocycles. The van der Waals surface area contributed by atoms with E-state index in [1.54, 1.807) is 0 Å². The Hall–Kier alpha value is -0.0600. The third-order valence-electron chi connectivity index (χ3n) is 3.66. The Balaban J connectivity index is 2.26. The molecule has 1 heterocycles. The maximum absolute atomic E-state index is 6.80. The zero-order valence-electron chi connectivity index (χ0n) is 10.5. The molecule has 2 heteroatoms. The first kappa shape index (κ1) is 12.4. The number of hydrogen-bond donors (Lipinski definition) is 0. The van der Waals surface area contributed by atoms with Crippen molar-refractivity contribution in [2.45, 2.75) is 39.0 Å². The molecule has 1 saturated heterocycles. The van der Waals surface area contributed by atoms with E-state index in [4.69, 9.17) is 11.2 Å². The second-order valence-electron chi connectivity index (χ2n) is 6.00. The standard InChI is InChI=1S/C14H22ClP/c1-14(2,3)12-6-8-13(9-7-12)16(15)10-4-5-11-16/h6-9,16H,4-5,10-11H2,1-3H3. The van der Waals surface area contributed by atoms with Gasteiger partial charge in [0.05, 0.1) is 0 Å². The molecule has 0 unspecified atom stereocenters. The van der Waals surface area contributed by atoms with Gasteiger partial charge in [0.15, 0.2) is 0 Å². The molecule has 1 aromatic rings. The van der Waals surface area contributed by atoms with Crippen molar-refractivity contribution in [3.05, 3.63) is 29.8 Å². The van der Waals surface area contributed by atoms with Gasteiger partial charge in [0.1, 0.15) is 0 Å². The fourth-order valence-corrected chi connectivity index (χ4v) is 6.88. The molecule has 1 aliphatic rings. The topological polar surface area (TPSA) is 0 Å². The molecule has 16 heavy (non-hydrogen) atoms. The molecule has 0 aromatic heterocycles. The monoisotopic (exact) mass is 256 g/mol. The molecular weight excluding hydrogens is 235 g/mol. The van der Waals surface area contributed by atoms with Crippen LogP contribution < -0.4 is 5.30 Å². The van der Waals surface area contributed by atoms with Crippen LogP contribution in [0, 0.1) is 0 Å². The summed E-state index contributed by atoms with van der Waals surface area (Å²) in [7, 11) is 0. The van der Waals surface area contributed by atoms with Crippen molar-refractivity contribution in [2.75, 3.05) is 12.3 Å². The van der Waals surface area contributed by atoms with Gasteiger partial charge in [-0.15, -0.1) is 0 Å². The fourth-order valence-electron chi connectivity index (χ4n) is 2.49. The van der Waals surface area contributed by atoms with Crippen LogP contribution in [0.3, 0.4) is 0 Å². The van der Waals surface area contributed by atoms with Crippen LogP contribution >= 0.6 is 17.9 Å². The molecule has 0 nitrogen and oxygen atoms in total. The van der Waals surface area contributed by atoms with Gasteiger partial charge in [0.2, 0.25) is 0 Å². The van der Waals surface area contributed by atoms with E-state index in [2.05, 4.69) is 45.0 Å². The third kappa shape index (κ3) is 2.44. The summed E-state index contributed by atoms with van der Waals surface area (Å²) in [6.07, 6.45) is 5.19. The second kappa shape index (κ2) is 4.31. The fraction of sp³-hybridized carbons (Fsp3) is 0.571. The van der Waals surface area contributed by atoms with E-state index in [1.807, 2.05) is 0 Å². The van der Waals surface area contributed by atoms with Gasteiger partial charge >= 0.3 is 104 Å². The molecule has 0 bridgehead atoms. The molecule has 0 N–H and O–H groups in total. The van der Waals surface area contributed by atoms with Crippen LogP contribution in [0.2, 0.25) is 0 Å². The Morgan fingerprint density at radius 3 is 1.94 bits per heavy atom. The van der Waals surface area contributed by atoms with Gasteiger partial charge < -0.3 is 0 Å². The SMILES string of the molecule is CC(C)(C)c1ccc([PH]2(Cl)CCCC2)cc1. The Kier molecular flexibility index (Phi) is 3.34. The molecule has 0 atom stereocenters. The molecule has 0 radical (unpaired) electrons. The number of halogens is 1. The number of rotatable bonds is 1. The van der Waals surface area contributed by atoms with Crippen LogP contribution in [0.1, 0.15) is 39.2 Å². The molecule has 1 aromatic carbocycles. The van der Waals surface area contributed by atoms with E-state index >= 15 is 0 Å². The van der Waals surface area contributed by atoms with Gasteiger partial charge in [0.25, 0.3) is 0 Å². The van der Waals surface area contributed by atoms with Gasteiger partial charge in [-0.1, -0.05) is 0 Å². The van der Waals surface area contributed by atoms with Crippen molar-refractivity contribution in [1.82, 2.24) is 0 Å². The van der Waals surface area contributed by atoms with E-state index < -0.39 is 6.62 Å². The van der Waals surface area contributed by atoms with Crippen molar-refractivity contribution in [3.8, 4) is 0 Å². The first-order valence-electron chi connectivity index (χ1n) is 6.22. The zero-order valence-corrected chi connectivity index (χ0v) is 12.3. The Labute approximate surface area is 105 Å². The van der Waals surface area contributed by atoms with Crippen LogP contribution in [0.15, 0.2) is 24.3 Å².